The first-order valence-electron chi connectivity index (χ1n) is 6.40. The molecule has 6 heteroatoms. The van der Waals surface area contributed by atoms with Crippen LogP contribution in [0.15, 0.2) is 12.2 Å². The van der Waals surface area contributed by atoms with Gasteiger partial charge in [-0.05, 0) is 19.3 Å². The van der Waals surface area contributed by atoms with E-state index in [0.29, 0.717) is 25.7 Å². The van der Waals surface area contributed by atoms with E-state index in [1.165, 1.54) is 0 Å². The zero-order chi connectivity index (χ0) is 14.3. The van der Waals surface area contributed by atoms with Crippen molar-refractivity contribution in [3.63, 3.8) is 0 Å². The number of rotatable bonds is 8. The zero-order valence-electron chi connectivity index (χ0n) is 10.8. The summed E-state index contributed by atoms with van der Waals surface area (Å²) in [6.45, 7) is 3.65. The number of carbonyl (C=O) groups excluding carboxylic acids is 2. The molecular weight excluding hydrogens is 252 g/mol. The first-order chi connectivity index (χ1) is 9.02. The van der Waals surface area contributed by atoms with E-state index in [-0.39, 0.29) is 31.0 Å². The van der Waals surface area contributed by atoms with E-state index < -0.39 is 18.4 Å². The van der Waals surface area contributed by atoms with Crippen molar-refractivity contribution >= 4 is 11.9 Å². The highest BCUT2D eigenvalue weighted by molar-refractivity contribution is 5.88. The van der Waals surface area contributed by atoms with Crippen LogP contribution in [-0.2, 0) is 19.1 Å². The molecule has 0 saturated carbocycles. The third-order valence-electron chi connectivity index (χ3n) is 2.80. The minimum atomic E-state index is -0.830. The average Bonchev–Trinajstić information content (AvgIpc) is 2.75. The van der Waals surface area contributed by atoms with Crippen molar-refractivity contribution < 1.29 is 29.3 Å². The predicted molar refractivity (Wildman–Crippen MR) is 65.9 cm³/mol. The van der Waals surface area contributed by atoms with Gasteiger partial charge in [-0.3, -0.25) is 4.79 Å². The van der Waals surface area contributed by atoms with E-state index in [4.69, 9.17) is 14.6 Å². The standard InChI is InChI=1S/C13H20O6/c1-9(8-10(15)4-2-3-7-14)13(17)19-12-6-5-11(16)18-12/h10,12,14-15H,1-8H2. The van der Waals surface area contributed by atoms with Crippen LogP contribution >= 0.6 is 0 Å². The van der Waals surface area contributed by atoms with Gasteiger partial charge in [-0.15, -0.1) is 0 Å². The summed E-state index contributed by atoms with van der Waals surface area (Å²) in [5.74, 6) is -1.03. The number of hydrogen-bond donors (Lipinski definition) is 2. The molecule has 1 saturated heterocycles. The molecule has 1 aliphatic heterocycles. The van der Waals surface area contributed by atoms with Crippen LogP contribution in [0.3, 0.4) is 0 Å². The van der Waals surface area contributed by atoms with Gasteiger partial charge in [-0.2, -0.15) is 0 Å². The van der Waals surface area contributed by atoms with E-state index in [1.807, 2.05) is 0 Å². The molecule has 0 aliphatic carbocycles. The molecule has 6 nitrogen and oxygen atoms in total. The van der Waals surface area contributed by atoms with Crippen molar-refractivity contribution in [1.29, 1.82) is 0 Å². The van der Waals surface area contributed by atoms with Crippen LogP contribution in [0.2, 0.25) is 0 Å². The van der Waals surface area contributed by atoms with Gasteiger partial charge in [0.15, 0.2) is 0 Å². The Morgan fingerprint density at radius 1 is 1.53 bits per heavy atom. The van der Waals surface area contributed by atoms with Crippen LogP contribution in [0.5, 0.6) is 0 Å². The van der Waals surface area contributed by atoms with Gasteiger partial charge in [0.2, 0.25) is 6.29 Å². The van der Waals surface area contributed by atoms with Gasteiger partial charge in [0.1, 0.15) is 0 Å². The molecule has 1 heterocycles. The van der Waals surface area contributed by atoms with E-state index in [1.54, 1.807) is 0 Å². The lowest BCUT2D eigenvalue weighted by Crippen LogP contribution is -2.20. The van der Waals surface area contributed by atoms with Gasteiger partial charge in [0.25, 0.3) is 0 Å². The van der Waals surface area contributed by atoms with Gasteiger partial charge in [-0.1, -0.05) is 6.58 Å². The summed E-state index contributed by atoms with van der Waals surface area (Å²) in [6, 6.07) is 0. The monoisotopic (exact) mass is 272 g/mol. The second kappa shape index (κ2) is 7.91. The summed E-state index contributed by atoms with van der Waals surface area (Å²) >= 11 is 0. The van der Waals surface area contributed by atoms with Crippen LogP contribution in [0.1, 0.15) is 38.5 Å². The molecule has 0 aromatic carbocycles. The Labute approximate surface area is 112 Å². The molecule has 0 amide bonds. The molecule has 0 bridgehead atoms. The maximum absolute atomic E-state index is 11.6. The molecule has 2 atom stereocenters. The quantitative estimate of drug-likeness (QED) is 0.383. The number of aliphatic hydroxyl groups excluding tert-OH is 2. The fourth-order valence-corrected chi connectivity index (χ4v) is 1.75. The number of carbonyl (C=O) groups is 2. The van der Waals surface area contributed by atoms with Crippen molar-refractivity contribution in [2.75, 3.05) is 6.61 Å². The lowest BCUT2D eigenvalue weighted by molar-refractivity contribution is -0.173. The van der Waals surface area contributed by atoms with E-state index >= 15 is 0 Å². The minimum absolute atomic E-state index is 0.0861. The summed E-state index contributed by atoms with van der Waals surface area (Å²) < 4.78 is 9.69. The highest BCUT2D eigenvalue weighted by Gasteiger charge is 2.27. The van der Waals surface area contributed by atoms with Crippen molar-refractivity contribution in [1.82, 2.24) is 0 Å². The van der Waals surface area contributed by atoms with Crippen LogP contribution < -0.4 is 0 Å². The number of ether oxygens (including phenoxy) is 2. The molecule has 1 fully saturated rings. The predicted octanol–water partition coefficient (Wildman–Crippen LogP) is 0.662. The summed E-state index contributed by atoms with van der Waals surface area (Å²) in [5, 5.41) is 18.3. The first kappa shape index (κ1) is 15.7. The minimum Gasteiger partial charge on any atom is -0.425 e. The van der Waals surface area contributed by atoms with Gasteiger partial charge < -0.3 is 19.7 Å². The normalized spacial score (nSPS) is 19.9. The number of aliphatic hydroxyl groups is 2. The Morgan fingerprint density at radius 2 is 2.26 bits per heavy atom. The number of cyclic esters (lactones) is 1. The molecule has 19 heavy (non-hydrogen) atoms. The maximum atomic E-state index is 11.6. The third-order valence-corrected chi connectivity index (χ3v) is 2.80. The molecule has 0 aromatic rings. The molecule has 0 aromatic heterocycles. The highest BCUT2D eigenvalue weighted by Crippen LogP contribution is 2.18. The van der Waals surface area contributed by atoms with Crippen molar-refractivity contribution in [3.05, 3.63) is 12.2 Å². The Morgan fingerprint density at radius 3 is 2.84 bits per heavy atom. The fraction of sp³-hybridized carbons (Fsp3) is 0.692. The van der Waals surface area contributed by atoms with Crippen LogP contribution in [-0.4, -0.2) is 41.2 Å². The number of unbranched alkanes of at least 4 members (excludes halogenated alkanes) is 1. The first-order valence-corrected chi connectivity index (χ1v) is 6.40. The smallest absolute Gasteiger partial charge is 0.336 e. The SMILES string of the molecule is C=C(CC(O)CCCCO)C(=O)OC1CCC(=O)O1. The van der Waals surface area contributed by atoms with Gasteiger partial charge >= 0.3 is 11.9 Å². The Balaban J connectivity index is 2.24. The number of esters is 2. The van der Waals surface area contributed by atoms with E-state index in [2.05, 4.69) is 6.58 Å². The van der Waals surface area contributed by atoms with Crippen LogP contribution in [0.25, 0.3) is 0 Å². The summed E-state index contributed by atoms with van der Waals surface area (Å²) in [7, 11) is 0. The average molecular weight is 272 g/mol. The van der Waals surface area contributed by atoms with Gasteiger partial charge in [-0.25, -0.2) is 4.79 Å². The molecule has 2 N–H and O–H groups in total. The van der Waals surface area contributed by atoms with E-state index in [0.717, 1.165) is 0 Å². The largest absolute Gasteiger partial charge is 0.425 e. The Bertz CT molecular complexity index is 338. The summed E-state index contributed by atoms with van der Waals surface area (Å²) in [5.41, 5.74) is 0.152. The number of hydrogen-bond acceptors (Lipinski definition) is 6. The summed E-state index contributed by atoms with van der Waals surface area (Å²) in [4.78, 5) is 22.4. The highest BCUT2D eigenvalue weighted by atomic mass is 16.7. The lowest BCUT2D eigenvalue weighted by atomic mass is 10.0. The van der Waals surface area contributed by atoms with Crippen LogP contribution in [0.4, 0.5) is 0 Å². The fourth-order valence-electron chi connectivity index (χ4n) is 1.75. The molecule has 1 rings (SSSR count). The zero-order valence-corrected chi connectivity index (χ0v) is 10.8. The van der Waals surface area contributed by atoms with Crippen molar-refractivity contribution in [2.24, 2.45) is 0 Å². The Hall–Kier alpha value is -1.40. The topological polar surface area (TPSA) is 93.1 Å². The van der Waals surface area contributed by atoms with E-state index in [9.17, 15) is 14.7 Å². The van der Waals surface area contributed by atoms with Gasteiger partial charge in [0.05, 0.1) is 12.5 Å². The second-order valence-corrected chi connectivity index (χ2v) is 4.54. The third kappa shape index (κ3) is 5.85. The molecule has 108 valence electrons. The van der Waals surface area contributed by atoms with Crippen molar-refractivity contribution in [2.45, 2.75) is 50.9 Å². The molecule has 0 radical (unpaired) electrons. The maximum Gasteiger partial charge on any atom is 0.336 e. The lowest BCUT2D eigenvalue weighted by Gasteiger charge is -2.14. The van der Waals surface area contributed by atoms with Crippen molar-refractivity contribution in [3.8, 4) is 0 Å². The van der Waals surface area contributed by atoms with Crippen LogP contribution in [0, 0.1) is 0 Å². The molecule has 0 spiro atoms. The van der Waals surface area contributed by atoms with Gasteiger partial charge in [0, 0.05) is 25.0 Å². The Kier molecular flexibility index (Phi) is 6.52. The molecule has 2 unspecified atom stereocenters. The summed E-state index contributed by atoms with van der Waals surface area (Å²) in [6.07, 6.45) is 0.995. The molecular formula is C13H20O6. The second-order valence-electron chi connectivity index (χ2n) is 4.54. The molecule has 1 aliphatic rings.